The van der Waals surface area contributed by atoms with Gasteiger partial charge in [0.05, 0.1) is 24.9 Å². The highest BCUT2D eigenvalue weighted by atomic mass is 32.1. The molecule has 0 aliphatic carbocycles. The van der Waals surface area contributed by atoms with Crippen LogP contribution in [0.15, 0.2) is 41.1 Å². The minimum atomic E-state index is -1.75. The number of benzene rings is 1. The average molecular weight is 887 g/mol. The number of aliphatic carboxylic acids is 3. The standard InChI is InChI=1S/C42H58N6O13S/c1-23(2)17-30(39(59)44-27(21-49)18-25-15-16-62-22-25)46-40(60)36(42(4,5)6)48(32(50)12-14-34(53)54)41(61)31(19-26-10-8-7-9-24(26)3)47-38(58)29(11-13-33(51)52)45-37(57)28(43)20-35(55)56/h7-10,15-16,21-23,27-31,36H,11-14,17-20,43H2,1-6H3,(H,44,59)(H,45,57)(H,46,60)(H,47,58)(H,51,52)(H,53,54)(H,55,56)/t27?,28-,29-,30-,31-,36+/m0/s1. The van der Waals surface area contributed by atoms with Crippen LogP contribution in [0.2, 0.25) is 0 Å². The Balaban J connectivity index is 2.71. The summed E-state index contributed by atoms with van der Waals surface area (Å²) in [5, 5.41) is 41.7. The third-order valence-electron chi connectivity index (χ3n) is 9.56. The summed E-state index contributed by atoms with van der Waals surface area (Å²) in [5.41, 5.74) is 6.29. The molecule has 0 bridgehead atoms. The number of aldehydes is 1. The number of carboxylic acid groups (broad SMARTS) is 3. The van der Waals surface area contributed by atoms with Gasteiger partial charge in [0.15, 0.2) is 0 Å². The number of aryl methyl sites for hydroxylation is 1. The van der Waals surface area contributed by atoms with Crippen molar-refractivity contribution in [2.45, 2.75) is 129 Å². The molecule has 20 heteroatoms. The van der Waals surface area contributed by atoms with E-state index in [1.165, 1.54) is 32.1 Å². The lowest BCUT2D eigenvalue weighted by Crippen LogP contribution is -2.64. The predicted octanol–water partition coefficient (Wildman–Crippen LogP) is 1.33. The van der Waals surface area contributed by atoms with Gasteiger partial charge in [0.2, 0.25) is 29.5 Å². The Morgan fingerprint density at radius 3 is 1.89 bits per heavy atom. The Bertz CT molecular complexity index is 1930. The second-order valence-electron chi connectivity index (χ2n) is 16.4. The van der Waals surface area contributed by atoms with Gasteiger partial charge in [0, 0.05) is 25.7 Å². The summed E-state index contributed by atoms with van der Waals surface area (Å²) in [5.74, 6) is -10.6. The molecule has 9 N–H and O–H groups in total. The second kappa shape index (κ2) is 24.4. The average Bonchev–Trinajstić information content (AvgIpc) is 3.69. The second-order valence-corrected chi connectivity index (χ2v) is 17.2. The molecule has 0 spiro atoms. The summed E-state index contributed by atoms with van der Waals surface area (Å²) in [4.78, 5) is 131. The zero-order chi connectivity index (χ0) is 46.9. The first kappa shape index (κ1) is 52.1. The summed E-state index contributed by atoms with van der Waals surface area (Å²) in [6.07, 6.45) is -3.09. The summed E-state index contributed by atoms with van der Waals surface area (Å²) < 4.78 is 0. The van der Waals surface area contributed by atoms with Crippen LogP contribution in [0, 0.1) is 18.3 Å². The first-order valence-electron chi connectivity index (χ1n) is 19.9. The molecule has 1 heterocycles. The van der Waals surface area contributed by atoms with Gasteiger partial charge >= 0.3 is 17.9 Å². The van der Waals surface area contributed by atoms with Crippen LogP contribution in [-0.4, -0.2) is 116 Å². The van der Waals surface area contributed by atoms with Gasteiger partial charge in [-0.15, -0.1) is 0 Å². The molecule has 62 heavy (non-hydrogen) atoms. The number of hydrogen-bond acceptors (Lipinski definition) is 12. The predicted molar refractivity (Wildman–Crippen MR) is 225 cm³/mol. The van der Waals surface area contributed by atoms with E-state index in [2.05, 4.69) is 21.3 Å². The van der Waals surface area contributed by atoms with Gasteiger partial charge in [-0.1, -0.05) is 58.9 Å². The van der Waals surface area contributed by atoms with E-state index in [0.29, 0.717) is 22.3 Å². The van der Waals surface area contributed by atoms with Crippen molar-refractivity contribution in [3.8, 4) is 0 Å². The van der Waals surface area contributed by atoms with Crippen molar-refractivity contribution >= 4 is 71.0 Å². The smallest absolute Gasteiger partial charge is 0.305 e. The maximum Gasteiger partial charge on any atom is 0.305 e. The topological polar surface area (TPSA) is 309 Å². The van der Waals surface area contributed by atoms with E-state index in [1.807, 2.05) is 10.8 Å². The van der Waals surface area contributed by atoms with Crippen LogP contribution in [0.4, 0.5) is 0 Å². The molecule has 1 unspecified atom stereocenters. The van der Waals surface area contributed by atoms with E-state index < -0.39 is 127 Å². The summed E-state index contributed by atoms with van der Waals surface area (Å²) >= 11 is 1.41. The Morgan fingerprint density at radius 2 is 1.35 bits per heavy atom. The van der Waals surface area contributed by atoms with Gasteiger partial charge in [0.1, 0.15) is 30.5 Å². The van der Waals surface area contributed by atoms with Crippen LogP contribution in [0.25, 0.3) is 0 Å². The Kier molecular flexibility index (Phi) is 20.5. The van der Waals surface area contributed by atoms with Crippen molar-refractivity contribution in [1.29, 1.82) is 0 Å². The number of imide groups is 1. The van der Waals surface area contributed by atoms with Crippen LogP contribution in [-0.2, 0) is 60.8 Å². The molecule has 340 valence electrons. The largest absolute Gasteiger partial charge is 0.481 e. The van der Waals surface area contributed by atoms with Crippen molar-refractivity contribution in [2.75, 3.05) is 0 Å². The number of thiophene rings is 1. The van der Waals surface area contributed by atoms with Crippen molar-refractivity contribution in [3.05, 3.63) is 57.8 Å². The van der Waals surface area contributed by atoms with Crippen molar-refractivity contribution in [1.82, 2.24) is 26.2 Å². The third kappa shape index (κ3) is 17.2. The molecule has 0 radical (unpaired) electrons. The Labute approximate surface area is 363 Å². The molecule has 0 saturated carbocycles. The highest BCUT2D eigenvalue weighted by Gasteiger charge is 2.46. The Morgan fingerprint density at radius 1 is 0.758 bits per heavy atom. The Hall–Kier alpha value is -6.02. The molecule has 0 aliphatic rings. The molecule has 2 rings (SSSR count). The van der Waals surface area contributed by atoms with Gasteiger partial charge in [0.25, 0.3) is 5.91 Å². The van der Waals surface area contributed by atoms with Gasteiger partial charge in [-0.05, 0) is 64.6 Å². The molecule has 1 aromatic heterocycles. The van der Waals surface area contributed by atoms with Crippen molar-refractivity contribution in [3.63, 3.8) is 0 Å². The first-order valence-corrected chi connectivity index (χ1v) is 20.9. The van der Waals surface area contributed by atoms with Gasteiger partial charge in [-0.3, -0.25) is 48.1 Å². The fraction of sp³-hybridized carbons (Fsp3) is 0.524. The first-order chi connectivity index (χ1) is 28.9. The highest BCUT2D eigenvalue weighted by molar-refractivity contribution is 7.07. The normalized spacial score (nSPS) is 14.2. The monoisotopic (exact) mass is 886 g/mol. The third-order valence-corrected chi connectivity index (χ3v) is 10.3. The number of nitrogens with one attached hydrogen (secondary N) is 4. The molecule has 19 nitrogen and oxygen atoms in total. The van der Waals surface area contributed by atoms with Crippen LogP contribution in [0.1, 0.15) is 89.8 Å². The van der Waals surface area contributed by atoms with Crippen LogP contribution in [0.5, 0.6) is 0 Å². The van der Waals surface area contributed by atoms with Crippen LogP contribution < -0.4 is 27.0 Å². The molecule has 0 fully saturated rings. The molecular formula is C42H58N6O13S. The van der Waals surface area contributed by atoms with Crippen molar-refractivity contribution < 1.29 is 63.3 Å². The number of amides is 6. The van der Waals surface area contributed by atoms with Gasteiger partial charge in [-0.25, -0.2) is 0 Å². The maximum atomic E-state index is 15.0. The van der Waals surface area contributed by atoms with E-state index in [9.17, 15) is 53.4 Å². The number of rotatable bonds is 25. The van der Waals surface area contributed by atoms with E-state index in [1.54, 1.807) is 51.1 Å². The molecule has 0 aliphatic heterocycles. The molecule has 1 aromatic carbocycles. The maximum absolute atomic E-state index is 15.0. The number of nitrogens with two attached hydrogens (primary N) is 1. The van der Waals surface area contributed by atoms with Crippen LogP contribution >= 0.6 is 11.3 Å². The zero-order valence-corrected chi connectivity index (χ0v) is 36.5. The summed E-state index contributed by atoms with van der Waals surface area (Å²) in [6.45, 7) is 9.84. The number of carbonyl (C=O) groups excluding carboxylic acids is 7. The molecule has 6 amide bonds. The lowest BCUT2D eigenvalue weighted by atomic mass is 9.83. The molecular weight excluding hydrogens is 829 g/mol. The van der Waals surface area contributed by atoms with Crippen molar-refractivity contribution in [2.24, 2.45) is 17.1 Å². The fourth-order valence-electron chi connectivity index (χ4n) is 6.45. The van der Waals surface area contributed by atoms with Gasteiger partial charge < -0.3 is 47.1 Å². The van der Waals surface area contributed by atoms with E-state index in [4.69, 9.17) is 10.8 Å². The summed E-state index contributed by atoms with van der Waals surface area (Å²) in [6, 6.07) is -0.579. The lowest BCUT2D eigenvalue weighted by molar-refractivity contribution is -0.159. The minimum absolute atomic E-state index is 0.0604. The van der Waals surface area contributed by atoms with E-state index in [-0.39, 0.29) is 25.2 Å². The fourth-order valence-corrected chi connectivity index (χ4v) is 7.14. The number of carboxylic acids is 3. The van der Waals surface area contributed by atoms with Gasteiger partial charge in [-0.2, -0.15) is 11.3 Å². The molecule has 6 atom stereocenters. The highest BCUT2D eigenvalue weighted by Crippen LogP contribution is 2.28. The minimum Gasteiger partial charge on any atom is -0.481 e. The quantitative estimate of drug-likeness (QED) is 0.0653. The zero-order valence-electron chi connectivity index (χ0n) is 35.7. The number of carbonyl (C=O) groups is 10. The van der Waals surface area contributed by atoms with E-state index in [0.717, 1.165) is 5.56 Å². The lowest BCUT2D eigenvalue weighted by Gasteiger charge is -2.40. The van der Waals surface area contributed by atoms with Crippen LogP contribution in [0.3, 0.4) is 0 Å². The molecule has 2 aromatic rings. The van der Waals surface area contributed by atoms with E-state index >= 15 is 4.79 Å². The number of nitrogens with zero attached hydrogens (tertiary/aromatic N) is 1. The SMILES string of the molecule is Cc1ccccc1C[C@H](NC(=O)[C@H](CCC(=O)O)NC(=O)[C@@H](N)CC(=O)O)C(=O)N(C(=O)CCC(=O)O)[C@H](C(=O)N[C@@H](CC(C)C)C(=O)NC(C=O)Cc1ccsc1)C(C)(C)C. The summed E-state index contributed by atoms with van der Waals surface area (Å²) in [7, 11) is 0. The number of hydrogen-bond donors (Lipinski definition) is 8. The molecule has 0 saturated heterocycles.